The summed E-state index contributed by atoms with van der Waals surface area (Å²) in [5.41, 5.74) is 0.225. The number of rotatable bonds is 32. The molecule has 0 radical (unpaired) electrons. The Balaban J connectivity index is 1.00. The molecule has 26 nitrogen and oxygen atoms in total. The van der Waals surface area contributed by atoms with Crippen molar-refractivity contribution in [2.24, 2.45) is 0 Å². The topological polar surface area (TPSA) is 373 Å². The van der Waals surface area contributed by atoms with Gasteiger partial charge >= 0.3 is 6.03 Å². The molecule has 71 heavy (non-hydrogen) atoms. The number of ether oxygens (including phenoxy) is 8. The maximum atomic E-state index is 13.3. The summed E-state index contributed by atoms with van der Waals surface area (Å²) in [7, 11) is 0. The summed E-state index contributed by atoms with van der Waals surface area (Å²) in [4.78, 5) is 63.7. The van der Waals surface area contributed by atoms with E-state index in [1.54, 1.807) is 11.8 Å². The van der Waals surface area contributed by atoms with Crippen molar-refractivity contribution >= 4 is 47.1 Å². The summed E-state index contributed by atoms with van der Waals surface area (Å²) in [6.07, 6.45) is -8.45. The van der Waals surface area contributed by atoms with Gasteiger partial charge in [0.25, 0.3) is 11.8 Å². The molecule has 12 atom stereocenters. The summed E-state index contributed by atoms with van der Waals surface area (Å²) < 4.78 is 43.4. The number of thioether (sulfide) groups is 1. The molecule has 13 N–H and O–H groups in total. The van der Waals surface area contributed by atoms with Crippen LogP contribution in [0.3, 0.4) is 0 Å². The molecule has 0 saturated carbocycles. The van der Waals surface area contributed by atoms with Crippen LogP contribution in [0.2, 0.25) is 0 Å². The molecule has 6 unspecified atom stereocenters. The third-order valence-electron chi connectivity index (χ3n) is 11.7. The van der Waals surface area contributed by atoms with Gasteiger partial charge in [-0.05, 0) is 31.0 Å². The largest absolute Gasteiger partial charge is 0.394 e. The molecule has 402 valence electrons. The predicted molar refractivity (Wildman–Crippen MR) is 248 cm³/mol. The second-order valence-corrected chi connectivity index (χ2v) is 18.3. The van der Waals surface area contributed by atoms with Gasteiger partial charge in [-0.2, -0.15) is 11.8 Å². The zero-order chi connectivity index (χ0) is 51.1. The van der Waals surface area contributed by atoms with E-state index in [1.165, 1.54) is 18.2 Å². The molecule has 27 heteroatoms. The number of urea groups is 1. The van der Waals surface area contributed by atoms with Crippen molar-refractivity contribution in [3.05, 3.63) is 29.3 Å². The number of carbonyl (C=O) groups excluding carboxylic acids is 5. The third-order valence-corrected chi connectivity index (χ3v) is 13.2. The van der Waals surface area contributed by atoms with E-state index in [1.807, 2.05) is 0 Å². The van der Waals surface area contributed by atoms with Crippen LogP contribution in [0.1, 0.15) is 52.8 Å². The van der Waals surface area contributed by atoms with Crippen LogP contribution in [0.5, 0.6) is 0 Å². The van der Waals surface area contributed by atoms with Crippen molar-refractivity contribution in [2.75, 3.05) is 110 Å². The van der Waals surface area contributed by atoms with E-state index < -0.39 is 86.2 Å². The average molecular weight is 1040 g/mol. The molecular formula is C44H70N6O20S. The Morgan fingerprint density at radius 3 is 1.85 bits per heavy atom. The van der Waals surface area contributed by atoms with Gasteiger partial charge in [0, 0.05) is 53.7 Å². The van der Waals surface area contributed by atoms with Crippen molar-refractivity contribution in [1.29, 1.82) is 0 Å². The Morgan fingerprint density at radius 1 is 0.648 bits per heavy atom. The maximum Gasteiger partial charge on any atom is 0.315 e. The molecule has 0 aromatic heterocycles. The number of benzene rings is 1. The van der Waals surface area contributed by atoms with Crippen LogP contribution < -0.4 is 31.9 Å². The number of aliphatic hydroxyl groups excluding tert-OH is 7. The smallest absolute Gasteiger partial charge is 0.315 e. The lowest BCUT2D eigenvalue weighted by molar-refractivity contribution is -0.302. The van der Waals surface area contributed by atoms with Gasteiger partial charge in [-0.25, -0.2) is 4.79 Å². The first-order valence-electron chi connectivity index (χ1n) is 23.7. The van der Waals surface area contributed by atoms with E-state index in [0.29, 0.717) is 6.42 Å². The first-order valence-corrected chi connectivity index (χ1v) is 24.8. The molecule has 6 amide bonds. The van der Waals surface area contributed by atoms with Crippen LogP contribution in [-0.4, -0.2) is 243 Å². The van der Waals surface area contributed by atoms with Crippen molar-refractivity contribution in [1.82, 2.24) is 26.6 Å². The summed E-state index contributed by atoms with van der Waals surface area (Å²) in [6, 6.07) is 4.17. The molecule has 4 heterocycles. The van der Waals surface area contributed by atoms with Crippen LogP contribution in [0, 0.1) is 0 Å². The monoisotopic (exact) mass is 1030 g/mol. The minimum Gasteiger partial charge on any atom is -0.394 e. The molecule has 0 bridgehead atoms. The number of unbranched alkanes of at least 4 members (excludes halogenated alkanes) is 1. The van der Waals surface area contributed by atoms with E-state index >= 15 is 0 Å². The molecule has 0 spiro atoms. The van der Waals surface area contributed by atoms with Gasteiger partial charge in [0.1, 0.15) is 36.6 Å². The van der Waals surface area contributed by atoms with Crippen LogP contribution >= 0.6 is 11.8 Å². The fourth-order valence-corrected chi connectivity index (χ4v) is 9.40. The molecule has 1 aromatic carbocycles. The van der Waals surface area contributed by atoms with Gasteiger partial charge in [0.05, 0.1) is 104 Å². The fourth-order valence-electron chi connectivity index (χ4n) is 7.86. The third kappa shape index (κ3) is 19.2. The summed E-state index contributed by atoms with van der Waals surface area (Å²) in [6.45, 7) is -0.0855. The molecule has 0 aliphatic carbocycles. The zero-order valence-corrected chi connectivity index (χ0v) is 40.2. The standard InChI is InChI=1S/C44H70N6O20S/c51-22-31-29(53)20-30(54)42(69-31)67-15-13-65-11-9-63-7-5-45-40(60)25-17-26(41(61)46-6-8-64-10-12-66-14-16-68-43-39(59)38(58)37(57)32(23-52)70-43)19-27(18-25)48-35(56)21-47-34(55)4-2-1-3-33-36-28(24-71-33)49-44(62)50-36/h17-19,28-33,36-39,42-43,51-54,57-59H,1-16,20-24H2,(H,45,60)(H,46,61)(H,47,55)(H,48,56)(H2,49,50,62)/t28-,29?,30-,31+,32?,33?,36-,37+,38?,39?,42?,43-/m0/s1. The van der Waals surface area contributed by atoms with Crippen molar-refractivity contribution < 1.29 is 97.6 Å². The van der Waals surface area contributed by atoms with Gasteiger partial charge in [0.2, 0.25) is 11.8 Å². The molecule has 4 aliphatic heterocycles. The normalized spacial score (nSPS) is 28.1. The van der Waals surface area contributed by atoms with Crippen LogP contribution in [0.15, 0.2) is 18.2 Å². The van der Waals surface area contributed by atoms with Crippen LogP contribution in [0.25, 0.3) is 0 Å². The Kier molecular flexibility index (Phi) is 25.3. The molecular weight excluding hydrogens is 965 g/mol. The second kappa shape index (κ2) is 31.0. The maximum absolute atomic E-state index is 13.3. The lowest BCUT2D eigenvalue weighted by Gasteiger charge is -2.39. The summed E-state index contributed by atoms with van der Waals surface area (Å²) >= 11 is 1.80. The Morgan fingerprint density at radius 2 is 1.23 bits per heavy atom. The average Bonchev–Trinajstić information content (AvgIpc) is 3.92. The molecule has 4 fully saturated rings. The molecule has 1 aromatic rings. The number of aliphatic hydroxyl groups is 7. The number of hydrogen-bond donors (Lipinski definition) is 13. The van der Waals surface area contributed by atoms with E-state index in [9.17, 15) is 59.7 Å². The molecule has 4 saturated heterocycles. The number of anilines is 1. The van der Waals surface area contributed by atoms with E-state index in [2.05, 4.69) is 31.9 Å². The minimum atomic E-state index is -1.56. The van der Waals surface area contributed by atoms with Gasteiger partial charge in [0.15, 0.2) is 12.6 Å². The van der Waals surface area contributed by atoms with Crippen LogP contribution in [0.4, 0.5) is 10.5 Å². The van der Waals surface area contributed by atoms with Gasteiger partial charge in [-0.3, -0.25) is 19.2 Å². The van der Waals surface area contributed by atoms with E-state index in [4.69, 9.17) is 37.9 Å². The van der Waals surface area contributed by atoms with Crippen molar-refractivity contribution in [3.8, 4) is 0 Å². The zero-order valence-electron chi connectivity index (χ0n) is 39.4. The fraction of sp³-hybridized carbons (Fsp3) is 0.750. The number of carbonyl (C=O) groups is 5. The van der Waals surface area contributed by atoms with Gasteiger partial charge in [-0.1, -0.05) is 6.42 Å². The SMILES string of the molecule is O=C(CCCCC1SC[C@@H]2NC(=O)N[C@H]12)NCC(=O)Nc1cc(C(=O)NCCOCCOCCOC2O[C@H](CO)C(O)C[C@@H]2O)cc(C(=O)NCCOCCOCCO[C@H]2OC(CO)[C@@H](O)C(O)C2O)c1. The predicted octanol–water partition coefficient (Wildman–Crippen LogP) is -4.34. The highest BCUT2D eigenvalue weighted by Crippen LogP contribution is 2.33. The minimum absolute atomic E-state index is 0.00562. The first-order chi connectivity index (χ1) is 34.3. The Bertz CT molecular complexity index is 1830. The second-order valence-electron chi connectivity index (χ2n) is 17.0. The van der Waals surface area contributed by atoms with Crippen molar-refractivity contribution in [3.63, 3.8) is 0 Å². The quantitative estimate of drug-likeness (QED) is 0.0240. The highest BCUT2D eigenvalue weighted by atomic mass is 32.2. The van der Waals surface area contributed by atoms with Gasteiger partial charge in [-0.15, -0.1) is 0 Å². The Labute approximate surface area is 414 Å². The highest BCUT2D eigenvalue weighted by molar-refractivity contribution is 8.00. The lowest BCUT2D eigenvalue weighted by atomic mass is 9.99. The van der Waals surface area contributed by atoms with E-state index in [-0.39, 0.29) is 145 Å². The summed E-state index contributed by atoms with van der Waals surface area (Å²) in [5.74, 6) is -1.20. The lowest BCUT2D eigenvalue weighted by Crippen LogP contribution is -2.59. The Hall–Kier alpha value is -3.88. The number of amides is 6. The van der Waals surface area contributed by atoms with Crippen molar-refractivity contribution in [2.45, 2.75) is 105 Å². The molecule has 5 rings (SSSR count). The van der Waals surface area contributed by atoms with E-state index in [0.717, 1.165) is 18.6 Å². The molecule has 4 aliphatic rings. The summed E-state index contributed by atoms with van der Waals surface area (Å²) in [5, 5.41) is 85.1. The number of nitrogens with one attached hydrogen (secondary N) is 6. The van der Waals surface area contributed by atoms with Gasteiger partial charge < -0.3 is 106 Å². The highest BCUT2D eigenvalue weighted by Gasteiger charge is 2.44. The first kappa shape index (κ1) is 58.0. The van der Waals surface area contributed by atoms with Crippen LogP contribution in [-0.2, 0) is 47.5 Å². The number of hydrogen-bond acceptors (Lipinski definition) is 21. The number of fused-ring (bicyclic) bond motifs is 1.